The topological polar surface area (TPSA) is 76.4 Å². The molecule has 5 nitrogen and oxygen atoms in total. The fourth-order valence-corrected chi connectivity index (χ4v) is 3.98. The van der Waals surface area contributed by atoms with Crippen LogP contribution in [-0.2, 0) is 19.1 Å². The minimum atomic E-state index is -0.718. The highest BCUT2D eigenvalue weighted by atomic mass is 32.2. The standard InChI is InChI=1S/C19H23NO4S2/c1-19(2,12-20)11-14(16(21)23-3)10-15(17(22)24-4)26-18(25)13-8-6-5-7-9-13/h5-9,14-15H,10-11H2,1-4H3. The molecule has 26 heavy (non-hydrogen) atoms. The first-order chi connectivity index (χ1) is 12.2. The molecule has 0 heterocycles. The summed E-state index contributed by atoms with van der Waals surface area (Å²) >= 11 is 6.62. The third-order valence-corrected chi connectivity index (χ3v) is 5.46. The summed E-state index contributed by atoms with van der Waals surface area (Å²) in [5.74, 6) is -1.52. The highest BCUT2D eigenvalue weighted by molar-refractivity contribution is 8.24. The summed E-state index contributed by atoms with van der Waals surface area (Å²) in [6.45, 7) is 3.50. The first-order valence-electron chi connectivity index (χ1n) is 8.07. The zero-order valence-electron chi connectivity index (χ0n) is 15.4. The number of carbonyl (C=O) groups is 2. The number of hydrogen-bond acceptors (Lipinski definition) is 7. The van der Waals surface area contributed by atoms with E-state index in [1.165, 1.54) is 26.0 Å². The Balaban J connectivity index is 2.99. The number of nitrogens with zero attached hydrogens (tertiary/aromatic N) is 1. The van der Waals surface area contributed by atoms with Crippen molar-refractivity contribution < 1.29 is 19.1 Å². The van der Waals surface area contributed by atoms with Gasteiger partial charge >= 0.3 is 11.9 Å². The highest BCUT2D eigenvalue weighted by Crippen LogP contribution is 2.32. The molecule has 0 N–H and O–H groups in total. The second-order valence-corrected chi connectivity index (χ2v) is 8.32. The number of esters is 2. The molecule has 0 spiro atoms. The molecule has 0 bridgehead atoms. The number of thiocarbonyl (C=S) groups is 1. The van der Waals surface area contributed by atoms with Crippen molar-refractivity contribution in [1.82, 2.24) is 0 Å². The van der Waals surface area contributed by atoms with Gasteiger partial charge in [-0.1, -0.05) is 54.3 Å². The van der Waals surface area contributed by atoms with Crippen LogP contribution in [0.1, 0.15) is 32.3 Å². The van der Waals surface area contributed by atoms with Crippen LogP contribution in [0.2, 0.25) is 0 Å². The van der Waals surface area contributed by atoms with Gasteiger partial charge in [-0.05, 0) is 32.3 Å². The lowest BCUT2D eigenvalue weighted by molar-refractivity contribution is -0.147. The smallest absolute Gasteiger partial charge is 0.319 e. The molecular weight excluding hydrogens is 370 g/mol. The van der Waals surface area contributed by atoms with Crippen molar-refractivity contribution in [1.29, 1.82) is 5.26 Å². The van der Waals surface area contributed by atoms with Crippen LogP contribution in [0.25, 0.3) is 0 Å². The molecule has 0 saturated heterocycles. The number of hydrogen-bond donors (Lipinski definition) is 0. The Morgan fingerprint density at radius 2 is 1.77 bits per heavy atom. The number of thioether (sulfide) groups is 1. The van der Waals surface area contributed by atoms with Gasteiger partial charge in [-0.15, -0.1) is 0 Å². The predicted molar refractivity (Wildman–Crippen MR) is 106 cm³/mol. The second kappa shape index (κ2) is 10.3. The molecule has 1 aromatic rings. The largest absolute Gasteiger partial charge is 0.469 e. The van der Waals surface area contributed by atoms with E-state index in [0.717, 1.165) is 5.56 Å². The third kappa shape index (κ3) is 6.77. The third-order valence-electron chi connectivity index (χ3n) is 3.82. The maximum atomic E-state index is 12.2. The average molecular weight is 394 g/mol. The molecule has 1 rings (SSSR count). The molecule has 0 fully saturated rings. The van der Waals surface area contributed by atoms with Crippen LogP contribution >= 0.6 is 24.0 Å². The summed E-state index contributed by atoms with van der Waals surface area (Å²) in [5.41, 5.74) is 0.109. The van der Waals surface area contributed by atoms with Gasteiger partial charge in [0, 0.05) is 0 Å². The Kier molecular flexibility index (Phi) is 8.76. The van der Waals surface area contributed by atoms with E-state index in [1.807, 2.05) is 30.3 Å². The van der Waals surface area contributed by atoms with Gasteiger partial charge in [0.25, 0.3) is 0 Å². The van der Waals surface area contributed by atoms with Crippen LogP contribution in [0.15, 0.2) is 30.3 Å². The molecule has 140 valence electrons. The van der Waals surface area contributed by atoms with Crippen LogP contribution in [0.5, 0.6) is 0 Å². The minimum Gasteiger partial charge on any atom is -0.469 e. The molecule has 0 saturated carbocycles. The Morgan fingerprint density at radius 1 is 1.19 bits per heavy atom. The van der Waals surface area contributed by atoms with Gasteiger partial charge in [0.05, 0.1) is 35.8 Å². The monoisotopic (exact) mass is 393 g/mol. The van der Waals surface area contributed by atoms with Gasteiger partial charge in [0.15, 0.2) is 0 Å². The quantitative estimate of drug-likeness (QED) is 0.492. The molecule has 0 aliphatic heterocycles. The Hall–Kier alpha value is -1.91. The van der Waals surface area contributed by atoms with Gasteiger partial charge < -0.3 is 9.47 Å². The van der Waals surface area contributed by atoms with E-state index in [0.29, 0.717) is 4.20 Å². The Bertz CT molecular complexity index is 683. The molecule has 0 amide bonds. The van der Waals surface area contributed by atoms with Gasteiger partial charge in [-0.3, -0.25) is 9.59 Å². The summed E-state index contributed by atoms with van der Waals surface area (Å²) in [4.78, 5) is 24.4. The zero-order valence-corrected chi connectivity index (χ0v) is 17.0. The van der Waals surface area contributed by atoms with Gasteiger partial charge in [-0.2, -0.15) is 5.26 Å². The molecule has 2 atom stereocenters. The van der Waals surface area contributed by atoms with Crippen molar-refractivity contribution in [2.75, 3.05) is 14.2 Å². The average Bonchev–Trinajstić information content (AvgIpc) is 2.65. The van der Waals surface area contributed by atoms with E-state index in [4.69, 9.17) is 21.7 Å². The van der Waals surface area contributed by atoms with Crippen LogP contribution < -0.4 is 0 Å². The SMILES string of the molecule is COC(=O)C(CC(SC(=S)c1ccccc1)C(=O)OC)CC(C)(C)C#N. The van der Waals surface area contributed by atoms with Gasteiger partial charge in [0.2, 0.25) is 0 Å². The molecule has 0 radical (unpaired) electrons. The van der Waals surface area contributed by atoms with Crippen molar-refractivity contribution in [3.05, 3.63) is 35.9 Å². The fraction of sp³-hybridized carbons (Fsp3) is 0.474. The van der Waals surface area contributed by atoms with Gasteiger partial charge in [0.1, 0.15) is 5.25 Å². The zero-order chi connectivity index (χ0) is 19.7. The van der Waals surface area contributed by atoms with E-state index in [-0.39, 0.29) is 12.8 Å². The summed E-state index contributed by atoms with van der Waals surface area (Å²) in [6.07, 6.45) is 0.463. The Morgan fingerprint density at radius 3 is 2.27 bits per heavy atom. The van der Waals surface area contributed by atoms with Crippen molar-refractivity contribution in [2.45, 2.75) is 31.9 Å². The number of rotatable bonds is 8. The molecular formula is C19H23NO4S2. The molecule has 0 aromatic heterocycles. The molecule has 0 aliphatic carbocycles. The Labute approximate surface area is 164 Å². The lowest BCUT2D eigenvalue weighted by atomic mass is 9.82. The van der Waals surface area contributed by atoms with Crippen LogP contribution in [0.4, 0.5) is 0 Å². The highest BCUT2D eigenvalue weighted by Gasteiger charge is 2.34. The predicted octanol–water partition coefficient (Wildman–Crippen LogP) is 3.76. The summed E-state index contributed by atoms with van der Waals surface area (Å²) < 4.78 is 10.3. The number of carbonyl (C=O) groups excluding carboxylic acids is 2. The van der Waals surface area contributed by atoms with Crippen LogP contribution in [-0.4, -0.2) is 35.6 Å². The number of methoxy groups -OCH3 is 2. The fourth-order valence-electron chi connectivity index (χ4n) is 2.44. The summed E-state index contributed by atoms with van der Waals surface area (Å²) in [5, 5.41) is 8.60. The van der Waals surface area contributed by atoms with Crippen LogP contribution in [0.3, 0.4) is 0 Å². The lowest BCUT2D eigenvalue weighted by Gasteiger charge is -2.25. The van der Waals surface area contributed by atoms with E-state index in [9.17, 15) is 14.9 Å². The maximum absolute atomic E-state index is 12.2. The molecule has 1 aromatic carbocycles. The van der Waals surface area contributed by atoms with Crippen molar-refractivity contribution in [3.8, 4) is 6.07 Å². The van der Waals surface area contributed by atoms with E-state index in [1.54, 1.807) is 13.8 Å². The number of ether oxygens (including phenoxy) is 2. The van der Waals surface area contributed by atoms with Crippen LogP contribution in [0, 0.1) is 22.7 Å². The van der Waals surface area contributed by atoms with E-state index < -0.39 is 28.5 Å². The lowest BCUT2D eigenvalue weighted by Crippen LogP contribution is -2.30. The van der Waals surface area contributed by atoms with Crippen molar-refractivity contribution in [2.24, 2.45) is 11.3 Å². The maximum Gasteiger partial charge on any atom is 0.319 e. The summed E-state index contributed by atoms with van der Waals surface area (Å²) in [6, 6.07) is 11.5. The van der Waals surface area contributed by atoms with Gasteiger partial charge in [-0.25, -0.2) is 0 Å². The van der Waals surface area contributed by atoms with Crippen molar-refractivity contribution in [3.63, 3.8) is 0 Å². The second-order valence-electron chi connectivity index (χ2n) is 6.44. The summed E-state index contributed by atoms with van der Waals surface area (Å²) in [7, 11) is 2.59. The number of nitriles is 1. The van der Waals surface area contributed by atoms with E-state index >= 15 is 0 Å². The van der Waals surface area contributed by atoms with Crippen molar-refractivity contribution >= 4 is 40.1 Å². The molecule has 7 heteroatoms. The van der Waals surface area contributed by atoms with E-state index in [2.05, 4.69) is 6.07 Å². The number of benzene rings is 1. The molecule has 2 unspecified atom stereocenters. The minimum absolute atomic E-state index is 0.183. The first kappa shape index (κ1) is 22.1. The normalized spacial score (nSPS) is 13.2. The first-order valence-corrected chi connectivity index (χ1v) is 9.35. The molecule has 0 aliphatic rings.